The van der Waals surface area contributed by atoms with Gasteiger partial charge in [-0.15, -0.1) is 0 Å². The maximum atomic E-state index is 5.75. The molecule has 0 spiro atoms. The van der Waals surface area contributed by atoms with Crippen molar-refractivity contribution < 1.29 is 4.74 Å². The van der Waals surface area contributed by atoms with E-state index in [0.29, 0.717) is 11.5 Å². The normalized spacial score (nSPS) is 10.7. The predicted molar refractivity (Wildman–Crippen MR) is 65.5 cm³/mol. The zero-order chi connectivity index (χ0) is 11.5. The molecular weight excluding hydrogens is 222 g/mol. The number of aromatic nitrogens is 2. The molecule has 1 heterocycles. The second-order valence-corrected chi connectivity index (χ2v) is 4.19. The van der Waals surface area contributed by atoms with E-state index in [1.54, 1.807) is 0 Å². The highest BCUT2D eigenvalue weighted by Gasteiger charge is 2.13. The second-order valence-electron chi connectivity index (χ2n) is 3.66. The van der Waals surface area contributed by atoms with Gasteiger partial charge >= 0.3 is 0 Å². The van der Waals surface area contributed by atoms with Gasteiger partial charge in [-0.2, -0.15) is 8.75 Å². The molecule has 1 aromatic carbocycles. The van der Waals surface area contributed by atoms with Gasteiger partial charge in [0.25, 0.3) is 0 Å². The van der Waals surface area contributed by atoms with Crippen LogP contribution in [0.5, 0.6) is 5.75 Å². The standard InChI is InChI=1S/C11H13N3OS/c1-7(2)15-9-6-4-3-5-8(9)10-11(12)14-16-13-10/h3-7H,1-2H3,(H2,12,14). The Balaban J connectivity index is 2.44. The Hall–Kier alpha value is -1.62. The molecule has 84 valence electrons. The van der Waals surface area contributed by atoms with Crippen LogP contribution in [-0.4, -0.2) is 14.9 Å². The van der Waals surface area contributed by atoms with E-state index in [1.807, 2.05) is 38.1 Å². The highest BCUT2D eigenvalue weighted by Crippen LogP contribution is 2.32. The molecular formula is C11H13N3OS. The number of nitrogens with two attached hydrogens (primary N) is 1. The van der Waals surface area contributed by atoms with Gasteiger partial charge in [-0.1, -0.05) is 12.1 Å². The van der Waals surface area contributed by atoms with E-state index < -0.39 is 0 Å². The molecule has 0 unspecified atom stereocenters. The van der Waals surface area contributed by atoms with E-state index >= 15 is 0 Å². The first kappa shape index (κ1) is 10.9. The molecule has 0 saturated heterocycles. The van der Waals surface area contributed by atoms with E-state index in [9.17, 15) is 0 Å². The minimum Gasteiger partial charge on any atom is -0.490 e. The number of benzene rings is 1. The zero-order valence-electron chi connectivity index (χ0n) is 9.18. The van der Waals surface area contributed by atoms with Crippen molar-refractivity contribution in [2.24, 2.45) is 0 Å². The van der Waals surface area contributed by atoms with Gasteiger partial charge in [0.1, 0.15) is 11.4 Å². The highest BCUT2D eigenvalue weighted by molar-refractivity contribution is 6.99. The summed E-state index contributed by atoms with van der Waals surface area (Å²) < 4.78 is 13.9. The second kappa shape index (κ2) is 4.49. The van der Waals surface area contributed by atoms with Crippen molar-refractivity contribution in [3.8, 4) is 17.0 Å². The lowest BCUT2D eigenvalue weighted by Gasteiger charge is -2.12. The monoisotopic (exact) mass is 235 g/mol. The number of para-hydroxylation sites is 1. The smallest absolute Gasteiger partial charge is 0.165 e. The number of ether oxygens (including phenoxy) is 1. The summed E-state index contributed by atoms with van der Waals surface area (Å²) >= 11 is 1.11. The van der Waals surface area contributed by atoms with Gasteiger partial charge in [0.05, 0.1) is 17.8 Å². The first-order valence-electron chi connectivity index (χ1n) is 5.02. The van der Waals surface area contributed by atoms with Crippen molar-refractivity contribution in [2.75, 3.05) is 5.73 Å². The molecule has 0 amide bonds. The predicted octanol–water partition coefficient (Wildman–Crippen LogP) is 2.57. The number of anilines is 1. The van der Waals surface area contributed by atoms with E-state index in [2.05, 4.69) is 8.75 Å². The van der Waals surface area contributed by atoms with Crippen LogP contribution in [-0.2, 0) is 0 Å². The molecule has 16 heavy (non-hydrogen) atoms. The van der Waals surface area contributed by atoms with E-state index in [4.69, 9.17) is 10.5 Å². The van der Waals surface area contributed by atoms with E-state index in [1.165, 1.54) is 0 Å². The van der Waals surface area contributed by atoms with Crippen molar-refractivity contribution in [3.63, 3.8) is 0 Å². The third kappa shape index (κ3) is 2.14. The van der Waals surface area contributed by atoms with Crippen molar-refractivity contribution >= 4 is 17.5 Å². The summed E-state index contributed by atoms with van der Waals surface area (Å²) in [6, 6.07) is 7.71. The van der Waals surface area contributed by atoms with Crippen LogP contribution in [0.4, 0.5) is 5.82 Å². The molecule has 0 atom stereocenters. The van der Waals surface area contributed by atoms with Crippen LogP contribution in [0.25, 0.3) is 11.3 Å². The third-order valence-electron chi connectivity index (χ3n) is 2.02. The van der Waals surface area contributed by atoms with Gasteiger partial charge in [-0.3, -0.25) is 0 Å². The minimum absolute atomic E-state index is 0.119. The summed E-state index contributed by atoms with van der Waals surface area (Å²) in [5, 5.41) is 0. The Labute approximate surface area is 98.4 Å². The van der Waals surface area contributed by atoms with Gasteiger partial charge in [0.15, 0.2) is 5.82 Å². The van der Waals surface area contributed by atoms with Gasteiger partial charge in [0, 0.05) is 5.56 Å². The maximum absolute atomic E-state index is 5.75. The molecule has 0 aliphatic carbocycles. The van der Waals surface area contributed by atoms with Gasteiger partial charge in [-0.05, 0) is 26.0 Å². The topological polar surface area (TPSA) is 61.0 Å². The number of nitrogen functional groups attached to an aromatic ring is 1. The van der Waals surface area contributed by atoms with Crippen LogP contribution in [0.2, 0.25) is 0 Å². The van der Waals surface area contributed by atoms with Crippen LogP contribution in [0.1, 0.15) is 13.8 Å². The summed E-state index contributed by atoms with van der Waals surface area (Å²) in [5.41, 5.74) is 7.34. The fourth-order valence-corrected chi connectivity index (χ4v) is 1.89. The van der Waals surface area contributed by atoms with Crippen LogP contribution in [0, 0.1) is 0 Å². The van der Waals surface area contributed by atoms with Gasteiger partial charge < -0.3 is 10.5 Å². The molecule has 4 nitrogen and oxygen atoms in total. The fourth-order valence-electron chi connectivity index (χ4n) is 1.40. The van der Waals surface area contributed by atoms with Crippen molar-refractivity contribution in [1.29, 1.82) is 0 Å². The van der Waals surface area contributed by atoms with Crippen molar-refractivity contribution in [2.45, 2.75) is 20.0 Å². The molecule has 0 fully saturated rings. The molecule has 5 heteroatoms. The molecule has 1 aromatic heterocycles. The first-order chi connectivity index (χ1) is 7.68. The first-order valence-corrected chi connectivity index (χ1v) is 5.75. The molecule has 2 rings (SSSR count). The summed E-state index contributed by atoms with van der Waals surface area (Å²) in [5.74, 6) is 1.24. The summed E-state index contributed by atoms with van der Waals surface area (Å²) in [7, 11) is 0. The maximum Gasteiger partial charge on any atom is 0.165 e. The Bertz CT molecular complexity index is 482. The third-order valence-corrected chi connectivity index (χ3v) is 2.56. The minimum atomic E-state index is 0.119. The number of nitrogens with zero attached hydrogens (tertiary/aromatic N) is 2. The number of hydrogen-bond donors (Lipinski definition) is 1. The summed E-state index contributed by atoms with van der Waals surface area (Å²) in [4.78, 5) is 0. The Morgan fingerprint density at radius 3 is 2.62 bits per heavy atom. The van der Waals surface area contributed by atoms with Crippen LogP contribution < -0.4 is 10.5 Å². The van der Waals surface area contributed by atoms with Crippen LogP contribution in [0.15, 0.2) is 24.3 Å². The lowest BCUT2D eigenvalue weighted by atomic mass is 10.1. The average molecular weight is 235 g/mol. The Morgan fingerprint density at radius 1 is 1.25 bits per heavy atom. The SMILES string of the molecule is CC(C)Oc1ccccc1-c1nsnc1N. The number of rotatable bonds is 3. The molecule has 2 N–H and O–H groups in total. The Kier molecular flexibility index (Phi) is 3.05. The van der Waals surface area contributed by atoms with E-state index in [-0.39, 0.29) is 6.10 Å². The van der Waals surface area contributed by atoms with Crippen LogP contribution >= 0.6 is 11.7 Å². The molecule has 0 aliphatic rings. The highest BCUT2D eigenvalue weighted by atomic mass is 32.1. The van der Waals surface area contributed by atoms with Gasteiger partial charge in [-0.25, -0.2) is 0 Å². The molecule has 0 aliphatic heterocycles. The number of hydrogen-bond acceptors (Lipinski definition) is 5. The average Bonchev–Trinajstić information content (AvgIpc) is 2.64. The quantitative estimate of drug-likeness (QED) is 0.888. The Morgan fingerprint density at radius 2 is 2.00 bits per heavy atom. The molecule has 0 bridgehead atoms. The fraction of sp³-hybridized carbons (Fsp3) is 0.273. The lowest BCUT2D eigenvalue weighted by Crippen LogP contribution is -2.06. The van der Waals surface area contributed by atoms with Crippen molar-refractivity contribution in [3.05, 3.63) is 24.3 Å². The summed E-state index contributed by atoms with van der Waals surface area (Å²) in [6.45, 7) is 3.97. The lowest BCUT2D eigenvalue weighted by molar-refractivity contribution is 0.243. The zero-order valence-corrected chi connectivity index (χ0v) is 9.99. The summed E-state index contributed by atoms with van der Waals surface area (Å²) in [6.07, 6.45) is 0.119. The van der Waals surface area contributed by atoms with Crippen LogP contribution in [0.3, 0.4) is 0 Å². The van der Waals surface area contributed by atoms with Gasteiger partial charge in [0.2, 0.25) is 0 Å². The molecule has 2 aromatic rings. The van der Waals surface area contributed by atoms with E-state index in [0.717, 1.165) is 23.0 Å². The van der Waals surface area contributed by atoms with Crippen molar-refractivity contribution in [1.82, 2.24) is 8.75 Å². The largest absolute Gasteiger partial charge is 0.490 e. The molecule has 0 radical (unpaired) electrons. The molecule has 0 saturated carbocycles.